The first-order valence-electron chi connectivity index (χ1n) is 12.5. The maximum Gasteiger partial charge on any atom is 0.222 e. The Morgan fingerprint density at radius 2 is 2.00 bits per heavy atom. The van der Waals surface area contributed by atoms with Crippen molar-refractivity contribution < 1.29 is 4.79 Å². The lowest BCUT2D eigenvalue weighted by Gasteiger charge is -2.32. The van der Waals surface area contributed by atoms with Crippen LogP contribution in [0.2, 0.25) is 0 Å². The first-order valence-corrected chi connectivity index (χ1v) is 12.5. The molecule has 0 aliphatic carbocycles. The van der Waals surface area contributed by atoms with Crippen LogP contribution in [0.25, 0.3) is 16.5 Å². The molecule has 1 aliphatic heterocycles. The van der Waals surface area contributed by atoms with Gasteiger partial charge in [-0.1, -0.05) is 50.3 Å². The number of fused-ring (bicyclic) bond motifs is 1. The van der Waals surface area contributed by atoms with E-state index in [2.05, 4.69) is 68.8 Å². The Labute approximate surface area is 199 Å². The SMILES string of the molecule is C=C(C)/C=C(\C=CC)c1[nH]c2ccc(C3CCN(C(=O)CCCCN)CC3)cc2c1C(C)C. The first-order chi connectivity index (χ1) is 15.8. The number of nitrogens with one attached hydrogen (secondary N) is 1. The lowest BCUT2D eigenvalue weighted by Crippen LogP contribution is -2.37. The number of nitrogens with two attached hydrogens (primary N) is 1. The zero-order valence-electron chi connectivity index (χ0n) is 20.9. The largest absolute Gasteiger partial charge is 0.354 e. The minimum Gasteiger partial charge on any atom is -0.354 e. The second kappa shape index (κ2) is 11.5. The van der Waals surface area contributed by atoms with Crippen molar-refractivity contribution in [2.45, 2.75) is 71.6 Å². The molecule has 1 aliphatic rings. The summed E-state index contributed by atoms with van der Waals surface area (Å²) in [4.78, 5) is 18.2. The molecule has 0 saturated carbocycles. The van der Waals surface area contributed by atoms with E-state index in [0.717, 1.165) is 44.3 Å². The summed E-state index contributed by atoms with van der Waals surface area (Å²) in [6.07, 6.45) is 10.9. The number of aromatic amines is 1. The van der Waals surface area contributed by atoms with E-state index >= 15 is 0 Å². The van der Waals surface area contributed by atoms with Crippen molar-refractivity contribution >= 4 is 22.4 Å². The van der Waals surface area contributed by atoms with Crippen LogP contribution in [0, 0.1) is 0 Å². The van der Waals surface area contributed by atoms with Crippen molar-refractivity contribution in [3.05, 3.63) is 65.4 Å². The average molecular weight is 448 g/mol. The molecular formula is C29H41N3O. The van der Waals surface area contributed by atoms with Gasteiger partial charge in [0.05, 0.1) is 0 Å². The summed E-state index contributed by atoms with van der Waals surface area (Å²) in [6, 6.07) is 6.90. The number of allylic oxidation sites excluding steroid dienone is 5. The highest BCUT2D eigenvalue weighted by Gasteiger charge is 2.25. The molecule has 2 aromatic rings. The molecule has 178 valence electrons. The zero-order chi connectivity index (χ0) is 24.0. The number of nitrogens with zero attached hydrogens (tertiary/aromatic N) is 1. The number of amides is 1. The number of aromatic nitrogens is 1. The first kappa shape index (κ1) is 25.0. The highest BCUT2D eigenvalue weighted by molar-refractivity contribution is 5.92. The van der Waals surface area contributed by atoms with E-state index < -0.39 is 0 Å². The van der Waals surface area contributed by atoms with E-state index in [0.29, 0.717) is 24.8 Å². The maximum absolute atomic E-state index is 12.5. The molecule has 1 aromatic heterocycles. The molecule has 0 unspecified atom stereocenters. The molecule has 0 spiro atoms. The number of likely N-dealkylation sites (tertiary alicyclic amines) is 1. The molecule has 4 nitrogen and oxygen atoms in total. The fourth-order valence-electron chi connectivity index (χ4n) is 5.00. The molecule has 1 aromatic carbocycles. The molecule has 3 N–H and O–H groups in total. The number of carbonyl (C=O) groups excluding carboxylic acids is 1. The molecule has 1 fully saturated rings. The smallest absolute Gasteiger partial charge is 0.222 e. The van der Waals surface area contributed by atoms with E-state index in [1.165, 1.54) is 33.3 Å². The van der Waals surface area contributed by atoms with Gasteiger partial charge in [0.25, 0.3) is 0 Å². The summed E-state index contributed by atoms with van der Waals surface area (Å²) >= 11 is 0. The molecule has 0 radical (unpaired) electrons. The molecule has 2 heterocycles. The Balaban J connectivity index is 1.85. The third-order valence-corrected chi connectivity index (χ3v) is 6.64. The fourth-order valence-corrected chi connectivity index (χ4v) is 5.00. The lowest BCUT2D eigenvalue weighted by molar-refractivity contribution is -0.132. The normalized spacial score (nSPS) is 15.8. The quantitative estimate of drug-likeness (QED) is 0.333. The topological polar surface area (TPSA) is 62.1 Å². The van der Waals surface area contributed by atoms with Crippen LogP contribution >= 0.6 is 0 Å². The number of piperidine rings is 1. The number of benzene rings is 1. The van der Waals surface area contributed by atoms with Crippen molar-refractivity contribution in [1.82, 2.24) is 9.88 Å². The van der Waals surface area contributed by atoms with Gasteiger partial charge in [-0.3, -0.25) is 4.79 Å². The number of H-pyrrole nitrogens is 1. The predicted octanol–water partition coefficient (Wildman–Crippen LogP) is 6.66. The molecule has 3 rings (SSSR count). The van der Waals surface area contributed by atoms with Gasteiger partial charge in [-0.05, 0) is 86.7 Å². The number of hydrogen-bond donors (Lipinski definition) is 2. The average Bonchev–Trinajstić information content (AvgIpc) is 3.17. The van der Waals surface area contributed by atoms with E-state index in [4.69, 9.17) is 5.73 Å². The summed E-state index contributed by atoms with van der Waals surface area (Å²) in [7, 11) is 0. The summed E-state index contributed by atoms with van der Waals surface area (Å²) in [5.41, 5.74) is 12.9. The Hall–Kier alpha value is -2.59. The highest BCUT2D eigenvalue weighted by atomic mass is 16.2. The second-order valence-electron chi connectivity index (χ2n) is 9.72. The number of unbranched alkanes of at least 4 members (excludes halogenated alkanes) is 1. The second-order valence-corrected chi connectivity index (χ2v) is 9.72. The van der Waals surface area contributed by atoms with Gasteiger partial charge in [-0.2, -0.15) is 0 Å². The maximum atomic E-state index is 12.5. The van der Waals surface area contributed by atoms with Crippen LogP contribution in [0.1, 0.15) is 88.5 Å². The van der Waals surface area contributed by atoms with Crippen LogP contribution in [0.3, 0.4) is 0 Å². The van der Waals surface area contributed by atoms with Crippen LogP contribution in [0.4, 0.5) is 0 Å². The number of rotatable bonds is 9. The van der Waals surface area contributed by atoms with E-state index in [9.17, 15) is 4.79 Å². The third kappa shape index (κ3) is 6.05. The zero-order valence-corrected chi connectivity index (χ0v) is 20.9. The van der Waals surface area contributed by atoms with Crippen molar-refractivity contribution in [2.24, 2.45) is 5.73 Å². The van der Waals surface area contributed by atoms with Crippen LogP contribution in [0.15, 0.2) is 48.6 Å². The standard InChI is InChI=1S/C29H41N3O/c1-6-9-24(18-20(2)3)29-28(21(4)5)25-19-23(11-12-26(25)31-29)22-13-16-32(17-14-22)27(33)10-7-8-15-30/h6,9,11-12,18-19,21-22,31H,2,7-8,10,13-17,30H2,1,3-5H3/b9-6?,24-18+. The lowest BCUT2D eigenvalue weighted by atomic mass is 9.87. The van der Waals surface area contributed by atoms with Gasteiger partial charge in [0.1, 0.15) is 0 Å². The van der Waals surface area contributed by atoms with Gasteiger partial charge in [0.15, 0.2) is 0 Å². The van der Waals surface area contributed by atoms with E-state index in [1.807, 2.05) is 11.8 Å². The molecular weight excluding hydrogens is 406 g/mol. The summed E-state index contributed by atoms with van der Waals surface area (Å²) in [6.45, 7) is 15.1. The minimum absolute atomic E-state index is 0.288. The van der Waals surface area contributed by atoms with Gasteiger partial charge in [-0.15, -0.1) is 0 Å². The van der Waals surface area contributed by atoms with Gasteiger partial charge in [-0.25, -0.2) is 0 Å². The Morgan fingerprint density at radius 3 is 2.61 bits per heavy atom. The monoisotopic (exact) mass is 447 g/mol. The fraction of sp³-hybridized carbons (Fsp3) is 0.483. The molecule has 0 atom stereocenters. The van der Waals surface area contributed by atoms with Crippen LogP contribution in [0.5, 0.6) is 0 Å². The van der Waals surface area contributed by atoms with E-state index in [-0.39, 0.29) is 5.91 Å². The number of carbonyl (C=O) groups is 1. The van der Waals surface area contributed by atoms with Crippen LogP contribution in [-0.4, -0.2) is 35.4 Å². The van der Waals surface area contributed by atoms with Gasteiger partial charge in [0, 0.05) is 36.1 Å². The Kier molecular flexibility index (Phi) is 8.74. The number of hydrogen-bond acceptors (Lipinski definition) is 2. The molecule has 1 saturated heterocycles. The van der Waals surface area contributed by atoms with Gasteiger partial charge >= 0.3 is 0 Å². The Bertz CT molecular complexity index is 1030. The van der Waals surface area contributed by atoms with E-state index in [1.54, 1.807) is 0 Å². The summed E-state index contributed by atoms with van der Waals surface area (Å²) in [5.74, 6) is 1.19. The summed E-state index contributed by atoms with van der Waals surface area (Å²) in [5, 5.41) is 1.31. The highest BCUT2D eigenvalue weighted by Crippen LogP contribution is 2.37. The van der Waals surface area contributed by atoms with Crippen LogP contribution < -0.4 is 5.73 Å². The molecule has 33 heavy (non-hydrogen) atoms. The molecule has 1 amide bonds. The predicted molar refractivity (Wildman–Crippen MR) is 141 cm³/mol. The van der Waals surface area contributed by atoms with Crippen LogP contribution in [-0.2, 0) is 4.79 Å². The third-order valence-electron chi connectivity index (χ3n) is 6.64. The Morgan fingerprint density at radius 1 is 1.27 bits per heavy atom. The van der Waals surface area contributed by atoms with Gasteiger partial charge in [0.2, 0.25) is 5.91 Å². The minimum atomic E-state index is 0.288. The molecule has 4 heteroatoms. The van der Waals surface area contributed by atoms with Crippen molar-refractivity contribution in [3.8, 4) is 0 Å². The van der Waals surface area contributed by atoms with Gasteiger partial charge < -0.3 is 15.6 Å². The van der Waals surface area contributed by atoms with Crippen molar-refractivity contribution in [3.63, 3.8) is 0 Å². The van der Waals surface area contributed by atoms with Crippen molar-refractivity contribution in [1.29, 1.82) is 0 Å². The van der Waals surface area contributed by atoms with Crippen molar-refractivity contribution in [2.75, 3.05) is 19.6 Å². The molecule has 0 bridgehead atoms. The summed E-state index contributed by atoms with van der Waals surface area (Å²) < 4.78 is 0.